The minimum absolute atomic E-state index is 0.0463. The summed E-state index contributed by atoms with van der Waals surface area (Å²) in [7, 11) is 0. The van der Waals surface area contributed by atoms with Crippen molar-refractivity contribution in [2.45, 2.75) is 47.5 Å². The summed E-state index contributed by atoms with van der Waals surface area (Å²) in [6.07, 6.45) is 0. The molecule has 0 aromatic carbocycles. The van der Waals surface area contributed by atoms with Crippen LogP contribution in [0.15, 0.2) is 5.38 Å². The van der Waals surface area contributed by atoms with E-state index >= 15 is 0 Å². The number of carbonyl (C=O) groups excluding carboxylic acids is 2. The molecule has 0 fully saturated rings. The molecule has 23 heavy (non-hydrogen) atoms. The summed E-state index contributed by atoms with van der Waals surface area (Å²) in [6, 6.07) is 0. The second kappa shape index (κ2) is 11.8. The molecule has 0 spiro atoms. The average Bonchev–Trinajstić information content (AvgIpc) is 2.89. The lowest BCUT2D eigenvalue weighted by molar-refractivity contribution is -0.119. The molecule has 1 heterocycles. The molecule has 0 radical (unpaired) electrons. The zero-order chi connectivity index (χ0) is 18.7. The molecule has 6 nitrogen and oxygen atoms in total. The van der Waals surface area contributed by atoms with Gasteiger partial charge in [0.2, 0.25) is 5.01 Å². The fourth-order valence-electron chi connectivity index (χ4n) is 0.650. The van der Waals surface area contributed by atoms with Gasteiger partial charge in [0.15, 0.2) is 5.78 Å². The molecule has 8 heteroatoms. The maximum Gasteiger partial charge on any atom is 0.365 e. The Hall–Kier alpha value is -1.67. The fraction of sp³-hybridized carbons (Fsp3) is 0.533. The molecule has 0 atom stereocenters. The first kappa shape index (κ1) is 23.6. The Morgan fingerprint density at radius 1 is 1.22 bits per heavy atom. The number of nitrogens with zero attached hydrogens (tertiary/aromatic N) is 1. The summed E-state index contributed by atoms with van der Waals surface area (Å²) in [5.74, 6) is -0.397. The van der Waals surface area contributed by atoms with Gasteiger partial charge in [0.1, 0.15) is 10.8 Å². The number of carboxylic acid groups (broad SMARTS) is 1. The SMILES string of the molecule is CC(=O)C(C)C.CC(=O)C(N)=S.CC(C)c1csc(C(=O)O)n1. The first-order valence-electron chi connectivity index (χ1n) is 6.89. The quantitative estimate of drug-likeness (QED) is 0.794. The largest absolute Gasteiger partial charge is 0.476 e. The van der Waals surface area contributed by atoms with Gasteiger partial charge in [-0.3, -0.25) is 9.59 Å². The molecule has 130 valence electrons. The van der Waals surface area contributed by atoms with E-state index in [4.69, 9.17) is 10.8 Å². The highest BCUT2D eigenvalue weighted by Crippen LogP contribution is 2.17. The van der Waals surface area contributed by atoms with E-state index in [1.54, 1.807) is 12.3 Å². The van der Waals surface area contributed by atoms with Gasteiger partial charge >= 0.3 is 5.97 Å². The molecule has 0 saturated heterocycles. The Labute approximate surface area is 146 Å². The molecule has 0 aliphatic heterocycles. The van der Waals surface area contributed by atoms with E-state index in [-0.39, 0.29) is 27.5 Å². The molecular weight excluding hydrogens is 336 g/mol. The number of aromatic carboxylic acids is 1. The number of Topliss-reactive ketones (excluding diaryl/α,β-unsaturated/α-hetero) is 2. The summed E-state index contributed by atoms with van der Waals surface area (Å²) in [5, 5.41) is 10.5. The van der Waals surface area contributed by atoms with Crippen LogP contribution < -0.4 is 5.73 Å². The van der Waals surface area contributed by atoms with Crippen molar-refractivity contribution in [1.29, 1.82) is 0 Å². The van der Waals surface area contributed by atoms with Crippen molar-refractivity contribution in [3.05, 3.63) is 16.1 Å². The van der Waals surface area contributed by atoms with Crippen molar-refractivity contribution in [3.63, 3.8) is 0 Å². The van der Waals surface area contributed by atoms with Crippen molar-refractivity contribution < 1.29 is 19.5 Å². The minimum Gasteiger partial charge on any atom is -0.476 e. The first-order chi connectivity index (χ1) is 10.4. The summed E-state index contributed by atoms with van der Waals surface area (Å²) < 4.78 is 0. The van der Waals surface area contributed by atoms with E-state index in [1.165, 1.54) is 18.3 Å². The van der Waals surface area contributed by atoms with E-state index in [2.05, 4.69) is 17.2 Å². The van der Waals surface area contributed by atoms with Crippen LogP contribution in [0.2, 0.25) is 0 Å². The Kier molecular flexibility index (Phi) is 12.1. The summed E-state index contributed by atoms with van der Waals surface area (Å²) >= 11 is 5.42. The number of hydrogen-bond donors (Lipinski definition) is 2. The van der Waals surface area contributed by atoms with Gasteiger partial charge in [0.05, 0.1) is 5.69 Å². The Balaban J connectivity index is 0. The normalized spacial score (nSPS) is 9.39. The van der Waals surface area contributed by atoms with Crippen molar-refractivity contribution in [3.8, 4) is 0 Å². The maximum atomic E-state index is 10.4. The number of aromatic nitrogens is 1. The lowest BCUT2D eigenvalue weighted by atomic mass is 10.1. The van der Waals surface area contributed by atoms with Gasteiger partial charge in [-0.25, -0.2) is 9.78 Å². The monoisotopic (exact) mass is 360 g/mol. The third-order valence-corrected chi connectivity index (χ3v) is 3.59. The topological polar surface area (TPSA) is 110 Å². The highest BCUT2D eigenvalue weighted by molar-refractivity contribution is 7.82. The number of rotatable bonds is 4. The van der Waals surface area contributed by atoms with Gasteiger partial charge in [-0.2, -0.15) is 0 Å². The van der Waals surface area contributed by atoms with Crippen LogP contribution in [0.1, 0.15) is 63.0 Å². The van der Waals surface area contributed by atoms with E-state index in [0.717, 1.165) is 5.69 Å². The lowest BCUT2D eigenvalue weighted by Gasteiger charge is -1.95. The van der Waals surface area contributed by atoms with Gasteiger partial charge < -0.3 is 10.8 Å². The number of carbonyl (C=O) groups is 3. The standard InChI is InChI=1S/C7H9NO2S.C5H10O.C3H5NOS/c1-4(2)5-3-11-6(8-5)7(9)10;1-4(2)5(3)6;1-2(5)3(4)6/h3-4H,1-2H3,(H,9,10);4H,1-3H3;1H3,(H2,4,6). The summed E-state index contributed by atoms with van der Waals surface area (Å²) in [4.78, 5) is 34.3. The van der Waals surface area contributed by atoms with E-state index < -0.39 is 5.97 Å². The predicted octanol–water partition coefficient (Wildman–Crippen LogP) is 3.06. The van der Waals surface area contributed by atoms with Gasteiger partial charge in [0, 0.05) is 18.2 Å². The van der Waals surface area contributed by atoms with Crippen LogP contribution in [0.4, 0.5) is 0 Å². The number of ketones is 2. The second-order valence-corrected chi connectivity index (χ2v) is 6.52. The van der Waals surface area contributed by atoms with E-state index in [0.29, 0.717) is 5.92 Å². The molecule has 0 amide bonds. The number of thiocarbonyl (C=S) groups is 1. The number of nitrogens with two attached hydrogens (primary N) is 1. The zero-order valence-corrected chi connectivity index (χ0v) is 15.9. The third-order valence-electron chi connectivity index (χ3n) is 2.46. The number of hydrogen-bond acceptors (Lipinski definition) is 6. The Morgan fingerprint density at radius 2 is 1.61 bits per heavy atom. The van der Waals surface area contributed by atoms with Gasteiger partial charge in [0.25, 0.3) is 0 Å². The molecule has 0 aliphatic carbocycles. The molecule has 3 N–H and O–H groups in total. The van der Waals surface area contributed by atoms with Crippen LogP contribution in [0.25, 0.3) is 0 Å². The second-order valence-electron chi connectivity index (χ2n) is 5.22. The average molecular weight is 361 g/mol. The van der Waals surface area contributed by atoms with Gasteiger partial charge in [-0.1, -0.05) is 39.9 Å². The van der Waals surface area contributed by atoms with E-state index in [1.807, 2.05) is 27.7 Å². The molecule has 0 unspecified atom stereocenters. The van der Waals surface area contributed by atoms with Crippen LogP contribution in [-0.2, 0) is 9.59 Å². The van der Waals surface area contributed by atoms with Crippen molar-refractivity contribution in [2.24, 2.45) is 11.7 Å². The smallest absolute Gasteiger partial charge is 0.365 e. The maximum absolute atomic E-state index is 10.4. The van der Waals surface area contributed by atoms with Crippen molar-refractivity contribution in [1.82, 2.24) is 4.98 Å². The van der Waals surface area contributed by atoms with Crippen LogP contribution >= 0.6 is 23.6 Å². The molecule has 1 aromatic heterocycles. The number of carboxylic acids is 1. The molecule has 1 aromatic rings. The summed E-state index contributed by atoms with van der Waals surface area (Å²) in [5.41, 5.74) is 5.67. The van der Waals surface area contributed by atoms with Crippen LogP contribution in [0, 0.1) is 5.92 Å². The van der Waals surface area contributed by atoms with Crippen molar-refractivity contribution in [2.75, 3.05) is 0 Å². The van der Waals surface area contributed by atoms with Gasteiger partial charge in [-0.05, 0) is 12.8 Å². The molecular formula is C15H24N2O4S2. The van der Waals surface area contributed by atoms with Gasteiger partial charge in [-0.15, -0.1) is 11.3 Å². The Morgan fingerprint density at radius 3 is 1.74 bits per heavy atom. The highest BCUT2D eigenvalue weighted by Gasteiger charge is 2.10. The van der Waals surface area contributed by atoms with Crippen LogP contribution in [0.5, 0.6) is 0 Å². The van der Waals surface area contributed by atoms with E-state index in [9.17, 15) is 14.4 Å². The minimum atomic E-state index is -0.943. The first-order valence-corrected chi connectivity index (χ1v) is 8.18. The summed E-state index contributed by atoms with van der Waals surface area (Å²) in [6.45, 7) is 10.7. The zero-order valence-electron chi connectivity index (χ0n) is 14.2. The third kappa shape index (κ3) is 12.5. The molecule has 0 saturated carbocycles. The van der Waals surface area contributed by atoms with Crippen LogP contribution in [0.3, 0.4) is 0 Å². The highest BCUT2D eigenvalue weighted by atomic mass is 32.1. The molecule has 1 rings (SSSR count). The Bertz CT molecular complexity index is 539. The van der Waals surface area contributed by atoms with Crippen molar-refractivity contribution >= 4 is 46.1 Å². The lowest BCUT2D eigenvalue weighted by Crippen LogP contribution is -2.16. The molecule has 0 aliphatic rings. The predicted molar refractivity (Wildman–Crippen MR) is 96.1 cm³/mol. The number of thiazole rings is 1. The fourth-order valence-corrected chi connectivity index (χ4v) is 1.47. The van der Waals surface area contributed by atoms with Crippen LogP contribution in [-0.4, -0.2) is 32.6 Å². The molecule has 0 bridgehead atoms.